The minimum Gasteiger partial charge on any atom is -0.506 e. The molecule has 0 fully saturated rings. The standard InChI is InChI=1S/C18H21N3O6S/c1-4-20(5-2)28(26,27)14-8-9-17(22)15(11-14)19-18(23)13-7-6-12(3)16(10-13)21(24)25/h6-11,22H,4-5H2,1-3H3,(H,19,23). The predicted octanol–water partition coefficient (Wildman–Crippen LogP) is 2.89. The number of amides is 1. The second-order valence-corrected chi connectivity index (χ2v) is 7.92. The highest BCUT2D eigenvalue weighted by molar-refractivity contribution is 7.89. The number of nitrogens with one attached hydrogen (secondary N) is 1. The molecule has 0 saturated heterocycles. The van der Waals surface area contributed by atoms with Gasteiger partial charge in [0.25, 0.3) is 11.6 Å². The largest absolute Gasteiger partial charge is 0.506 e. The van der Waals surface area contributed by atoms with Crippen molar-refractivity contribution in [3.05, 3.63) is 57.6 Å². The van der Waals surface area contributed by atoms with Gasteiger partial charge in [0.1, 0.15) is 5.75 Å². The molecule has 10 heteroatoms. The summed E-state index contributed by atoms with van der Waals surface area (Å²) in [7, 11) is -3.78. The van der Waals surface area contributed by atoms with Crippen LogP contribution >= 0.6 is 0 Å². The summed E-state index contributed by atoms with van der Waals surface area (Å²) in [5, 5.41) is 23.5. The van der Waals surface area contributed by atoms with Crippen molar-refractivity contribution in [1.82, 2.24) is 4.31 Å². The molecule has 0 saturated carbocycles. The zero-order valence-corrected chi connectivity index (χ0v) is 16.5. The highest BCUT2D eigenvalue weighted by atomic mass is 32.2. The van der Waals surface area contributed by atoms with Gasteiger partial charge in [-0.05, 0) is 31.2 Å². The molecule has 0 aliphatic carbocycles. The molecular weight excluding hydrogens is 386 g/mol. The second kappa shape index (κ2) is 8.36. The number of hydrogen-bond donors (Lipinski definition) is 2. The summed E-state index contributed by atoms with van der Waals surface area (Å²) in [5.74, 6) is -1.04. The van der Waals surface area contributed by atoms with Gasteiger partial charge in [0.15, 0.2) is 0 Å². The van der Waals surface area contributed by atoms with Crippen LogP contribution in [0.5, 0.6) is 5.75 Å². The van der Waals surface area contributed by atoms with Crippen LogP contribution in [0.2, 0.25) is 0 Å². The number of nitrogens with zero attached hydrogens (tertiary/aromatic N) is 2. The molecule has 1 amide bonds. The van der Waals surface area contributed by atoms with Crippen LogP contribution in [0.15, 0.2) is 41.3 Å². The Bertz CT molecular complexity index is 1020. The highest BCUT2D eigenvalue weighted by Gasteiger charge is 2.23. The summed E-state index contributed by atoms with van der Waals surface area (Å²) < 4.78 is 26.5. The van der Waals surface area contributed by atoms with Gasteiger partial charge in [-0.15, -0.1) is 0 Å². The normalized spacial score (nSPS) is 11.4. The van der Waals surface area contributed by atoms with Gasteiger partial charge in [0, 0.05) is 30.3 Å². The number of carbonyl (C=O) groups excluding carboxylic acids is 1. The zero-order valence-electron chi connectivity index (χ0n) is 15.7. The summed E-state index contributed by atoms with van der Waals surface area (Å²) in [5.41, 5.74) is 0.0848. The molecule has 0 radical (unpaired) electrons. The van der Waals surface area contributed by atoms with Gasteiger partial charge in [-0.1, -0.05) is 19.9 Å². The Hall–Kier alpha value is -2.98. The minimum absolute atomic E-state index is 0.00806. The molecule has 28 heavy (non-hydrogen) atoms. The molecule has 0 aromatic heterocycles. The van der Waals surface area contributed by atoms with E-state index < -0.39 is 20.9 Å². The van der Waals surface area contributed by atoms with E-state index in [0.29, 0.717) is 5.56 Å². The number of hydrogen-bond acceptors (Lipinski definition) is 6. The Labute approximate surface area is 162 Å². The van der Waals surface area contributed by atoms with Gasteiger partial charge in [0.05, 0.1) is 15.5 Å². The third-order valence-electron chi connectivity index (χ3n) is 4.23. The maximum Gasteiger partial charge on any atom is 0.273 e. The molecule has 0 bridgehead atoms. The van der Waals surface area contributed by atoms with E-state index in [-0.39, 0.29) is 40.7 Å². The van der Waals surface area contributed by atoms with Crippen LogP contribution in [0.3, 0.4) is 0 Å². The Balaban J connectivity index is 2.38. The summed E-state index contributed by atoms with van der Waals surface area (Å²) in [4.78, 5) is 22.8. The number of phenols is 1. The first-order chi connectivity index (χ1) is 13.1. The lowest BCUT2D eigenvalue weighted by Crippen LogP contribution is -2.30. The Morgan fingerprint density at radius 2 is 1.82 bits per heavy atom. The first-order valence-electron chi connectivity index (χ1n) is 8.51. The molecule has 2 aromatic carbocycles. The van der Waals surface area contributed by atoms with E-state index in [4.69, 9.17) is 0 Å². The lowest BCUT2D eigenvalue weighted by molar-refractivity contribution is -0.385. The molecule has 0 spiro atoms. The summed E-state index contributed by atoms with van der Waals surface area (Å²) in [6, 6.07) is 7.54. The van der Waals surface area contributed by atoms with Crippen molar-refractivity contribution in [3.8, 4) is 5.75 Å². The van der Waals surface area contributed by atoms with Crippen molar-refractivity contribution in [3.63, 3.8) is 0 Å². The quantitative estimate of drug-likeness (QED) is 0.412. The average Bonchev–Trinajstić information content (AvgIpc) is 2.64. The second-order valence-electron chi connectivity index (χ2n) is 5.98. The number of aromatic hydroxyl groups is 1. The van der Waals surface area contributed by atoms with Gasteiger partial charge in [-0.2, -0.15) is 4.31 Å². The summed E-state index contributed by atoms with van der Waals surface area (Å²) in [6.07, 6.45) is 0. The fourth-order valence-electron chi connectivity index (χ4n) is 2.63. The van der Waals surface area contributed by atoms with Gasteiger partial charge in [-0.25, -0.2) is 8.42 Å². The van der Waals surface area contributed by atoms with Gasteiger partial charge in [-0.3, -0.25) is 14.9 Å². The molecule has 0 unspecified atom stereocenters. The van der Waals surface area contributed by atoms with Crippen LogP contribution in [-0.2, 0) is 10.0 Å². The predicted molar refractivity (Wildman–Crippen MR) is 104 cm³/mol. The van der Waals surface area contributed by atoms with E-state index in [1.54, 1.807) is 20.8 Å². The smallest absolute Gasteiger partial charge is 0.273 e. The van der Waals surface area contributed by atoms with Gasteiger partial charge >= 0.3 is 0 Å². The van der Waals surface area contributed by atoms with Crippen molar-refractivity contribution in [2.45, 2.75) is 25.7 Å². The average molecular weight is 407 g/mol. The fraction of sp³-hybridized carbons (Fsp3) is 0.278. The van der Waals surface area contributed by atoms with Crippen LogP contribution in [-0.4, -0.2) is 41.7 Å². The number of nitro benzene ring substituents is 1. The van der Waals surface area contributed by atoms with Gasteiger partial charge in [0.2, 0.25) is 10.0 Å². The van der Waals surface area contributed by atoms with E-state index in [9.17, 15) is 28.4 Å². The molecule has 150 valence electrons. The Kier molecular flexibility index (Phi) is 6.37. The number of nitro groups is 1. The number of phenolic OH excluding ortho intramolecular Hbond substituents is 1. The molecule has 0 atom stereocenters. The Morgan fingerprint density at radius 3 is 2.39 bits per heavy atom. The zero-order chi connectivity index (χ0) is 21.1. The van der Waals surface area contributed by atoms with Crippen LogP contribution < -0.4 is 5.32 Å². The molecule has 2 N–H and O–H groups in total. The Morgan fingerprint density at radius 1 is 1.18 bits per heavy atom. The van der Waals surface area contributed by atoms with E-state index in [1.807, 2.05) is 0 Å². The molecule has 9 nitrogen and oxygen atoms in total. The van der Waals surface area contributed by atoms with Crippen molar-refractivity contribution in [2.75, 3.05) is 18.4 Å². The number of benzene rings is 2. The molecular formula is C18H21N3O6S. The van der Waals surface area contributed by atoms with Crippen molar-refractivity contribution in [2.24, 2.45) is 0 Å². The fourth-order valence-corrected chi connectivity index (χ4v) is 4.11. The molecule has 0 aliphatic rings. The molecule has 0 heterocycles. The van der Waals surface area contributed by atoms with E-state index in [1.165, 1.54) is 28.6 Å². The van der Waals surface area contributed by atoms with Crippen LogP contribution in [0.4, 0.5) is 11.4 Å². The lowest BCUT2D eigenvalue weighted by atomic mass is 10.1. The summed E-state index contributed by atoms with van der Waals surface area (Å²) >= 11 is 0. The number of anilines is 1. The number of aryl methyl sites for hydroxylation is 1. The number of carbonyl (C=O) groups is 1. The maximum atomic E-state index is 12.6. The molecule has 2 rings (SSSR count). The van der Waals surface area contributed by atoms with Crippen LogP contribution in [0.1, 0.15) is 29.8 Å². The lowest BCUT2D eigenvalue weighted by Gasteiger charge is -2.19. The monoisotopic (exact) mass is 407 g/mol. The van der Waals surface area contributed by atoms with E-state index >= 15 is 0 Å². The number of rotatable bonds is 7. The SMILES string of the molecule is CCN(CC)S(=O)(=O)c1ccc(O)c(NC(=O)c2ccc(C)c([N+](=O)[O-])c2)c1. The third kappa shape index (κ3) is 4.29. The van der Waals surface area contributed by atoms with Crippen molar-refractivity contribution >= 4 is 27.3 Å². The molecule has 2 aromatic rings. The number of sulfonamides is 1. The third-order valence-corrected chi connectivity index (χ3v) is 6.27. The maximum absolute atomic E-state index is 12.6. The highest BCUT2D eigenvalue weighted by Crippen LogP contribution is 2.29. The van der Waals surface area contributed by atoms with Crippen molar-refractivity contribution < 1.29 is 23.2 Å². The molecule has 0 aliphatic heterocycles. The summed E-state index contributed by atoms with van der Waals surface area (Å²) in [6.45, 7) is 5.50. The first-order valence-corrected chi connectivity index (χ1v) is 9.95. The topological polar surface area (TPSA) is 130 Å². The van der Waals surface area contributed by atoms with Crippen LogP contribution in [0, 0.1) is 17.0 Å². The first kappa shape index (κ1) is 21.3. The van der Waals surface area contributed by atoms with Gasteiger partial charge < -0.3 is 10.4 Å². The van der Waals surface area contributed by atoms with E-state index in [2.05, 4.69) is 5.32 Å². The van der Waals surface area contributed by atoms with E-state index in [0.717, 1.165) is 12.1 Å². The minimum atomic E-state index is -3.78. The van der Waals surface area contributed by atoms with Crippen LogP contribution in [0.25, 0.3) is 0 Å². The van der Waals surface area contributed by atoms with Crippen molar-refractivity contribution in [1.29, 1.82) is 0 Å².